The van der Waals surface area contributed by atoms with Crippen molar-refractivity contribution in [1.29, 1.82) is 0 Å². The highest BCUT2D eigenvalue weighted by Gasteiger charge is 2.15. The van der Waals surface area contributed by atoms with Crippen LogP contribution in [0, 0.1) is 0 Å². The maximum atomic E-state index is 12.4. The van der Waals surface area contributed by atoms with E-state index >= 15 is 0 Å². The van der Waals surface area contributed by atoms with Gasteiger partial charge in [-0.2, -0.15) is 0 Å². The highest BCUT2D eigenvalue weighted by atomic mass is 16.5. The van der Waals surface area contributed by atoms with Gasteiger partial charge in [-0.15, -0.1) is 0 Å². The van der Waals surface area contributed by atoms with E-state index in [2.05, 4.69) is 22.3 Å². The van der Waals surface area contributed by atoms with Gasteiger partial charge in [-0.1, -0.05) is 18.6 Å². The van der Waals surface area contributed by atoms with E-state index in [-0.39, 0.29) is 5.91 Å². The van der Waals surface area contributed by atoms with E-state index in [4.69, 9.17) is 9.47 Å². The molecular formula is C22H28N2O3. The number of hydrogen-bond acceptors (Lipinski definition) is 4. The smallest absolute Gasteiger partial charge is 0.265 e. The summed E-state index contributed by atoms with van der Waals surface area (Å²) in [5, 5.41) is 2.91. The van der Waals surface area contributed by atoms with E-state index in [1.54, 1.807) is 38.3 Å². The Morgan fingerprint density at radius 1 is 1.00 bits per heavy atom. The van der Waals surface area contributed by atoms with Gasteiger partial charge in [-0.05, 0) is 74.8 Å². The Kier molecular flexibility index (Phi) is 6.71. The molecule has 1 saturated heterocycles. The molecule has 1 fully saturated rings. The zero-order valence-corrected chi connectivity index (χ0v) is 16.1. The third kappa shape index (κ3) is 5.73. The van der Waals surface area contributed by atoms with Crippen molar-refractivity contribution in [3.63, 3.8) is 0 Å². The standard InChI is InChI=1S/C22H28N2O3/c1-17(27-21-12-10-20(26-2)11-13-21)22(25)23-19-8-6-18(7-9-19)16-24-14-4-3-5-15-24/h6-13,17H,3-5,14-16H2,1-2H3,(H,23,25). The SMILES string of the molecule is COc1ccc(OC(C)C(=O)Nc2ccc(CN3CCCCC3)cc2)cc1. The molecule has 0 radical (unpaired) electrons. The maximum Gasteiger partial charge on any atom is 0.265 e. The third-order valence-electron chi connectivity index (χ3n) is 4.82. The van der Waals surface area contributed by atoms with E-state index < -0.39 is 6.10 Å². The van der Waals surface area contributed by atoms with Crippen molar-refractivity contribution < 1.29 is 14.3 Å². The lowest BCUT2D eigenvalue weighted by atomic mass is 10.1. The van der Waals surface area contributed by atoms with Crippen LogP contribution in [0.5, 0.6) is 11.5 Å². The Bertz CT molecular complexity index is 722. The van der Waals surface area contributed by atoms with Gasteiger partial charge < -0.3 is 14.8 Å². The van der Waals surface area contributed by atoms with Crippen LogP contribution >= 0.6 is 0 Å². The molecule has 3 rings (SSSR count). The normalized spacial score (nSPS) is 15.8. The number of ether oxygens (including phenoxy) is 2. The summed E-state index contributed by atoms with van der Waals surface area (Å²) in [4.78, 5) is 14.9. The molecule has 0 bridgehead atoms. The molecule has 1 N–H and O–H groups in total. The Morgan fingerprint density at radius 2 is 1.63 bits per heavy atom. The lowest BCUT2D eigenvalue weighted by Gasteiger charge is -2.26. The Morgan fingerprint density at radius 3 is 2.26 bits per heavy atom. The number of hydrogen-bond donors (Lipinski definition) is 1. The molecule has 1 atom stereocenters. The second-order valence-electron chi connectivity index (χ2n) is 6.96. The number of amides is 1. The van der Waals surface area contributed by atoms with Gasteiger partial charge in [0.05, 0.1) is 7.11 Å². The molecule has 1 unspecified atom stereocenters. The van der Waals surface area contributed by atoms with E-state index in [9.17, 15) is 4.79 Å². The summed E-state index contributed by atoms with van der Waals surface area (Å²) in [5.74, 6) is 1.22. The molecule has 144 valence electrons. The number of carbonyl (C=O) groups excluding carboxylic acids is 1. The van der Waals surface area contributed by atoms with Crippen molar-refractivity contribution in [1.82, 2.24) is 4.90 Å². The number of likely N-dealkylation sites (tertiary alicyclic amines) is 1. The van der Waals surface area contributed by atoms with E-state index in [1.807, 2.05) is 12.1 Å². The van der Waals surface area contributed by atoms with Crippen LogP contribution in [-0.2, 0) is 11.3 Å². The minimum Gasteiger partial charge on any atom is -0.497 e. The topological polar surface area (TPSA) is 50.8 Å². The van der Waals surface area contributed by atoms with E-state index in [0.29, 0.717) is 5.75 Å². The molecular weight excluding hydrogens is 340 g/mol. The molecule has 2 aromatic carbocycles. The number of nitrogens with zero attached hydrogens (tertiary/aromatic N) is 1. The molecule has 5 nitrogen and oxygen atoms in total. The fourth-order valence-electron chi connectivity index (χ4n) is 3.23. The highest BCUT2D eigenvalue weighted by Crippen LogP contribution is 2.19. The van der Waals surface area contributed by atoms with Crippen LogP contribution in [0.3, 0.4) is 0 Å². The number of anilines is 1. The minimum atomic E-state index is -0.591. The Balaban J connectivity index is 1.50. The van der Waals surface area contributed by atoms with E-state index in [1.165, 1.54) is 37.9 Å². The predicted octanol–water partition coefficient (Wildman–Crippen LogP) is 4.09. The molecule has 1 amide bonds. The fraction of sp³-hybridized carbons (Fsp3) is 0.409. The first-order valence-corrected chi connectivity index (χ1v) is 9.57. The first kappa shape index (κ1) is 19.2. The molecule has 0 aromatic heterocycles. The number of piperidine rings is 1. The molecule has 1 aliphatic rings. The van der Waals surface area contributed by atoms with Gasteiger partial charge in [-0.25, -0.2) is 0 Å². The first-order chi connectivity index (χ1) is 13.1. The summed E-state index contributed by atoms with van der Waals surface area (Å²) >= 11 is 0. The predicted molar refractivity (Wildman–Crippen MR) is 107 cm³/mol. The van der Waals surface area contributed by atoms with Gasteiger partial charge in [0.2, 0.25) is 0 Å². The van der Waals surface area contributed by atoms with E-state index in [0.717, 1.165) is 18.0 Å². The monoisotopic (exact) mass is 368 g/mol. The summed E-state index contributed by atoms with van der Waals surface area (Å²) in [6.45, 7) is 5.08. The van der Waals surface area contributed by atoms with Gasteiger partial charge >= 0.3 is 0 Å². The Labute approximate surface area is 161 Å². The van der Waals surface area contributed by atoms with Gasteiger partial charge in [0.1, 0.15) is 11.5 Å². The van der Waals surface area contributed by atoms with Gasteiger partial charge in [0, 0.05) is 12.2 Å². The Hall–Kier alpha value is -2.53. The first-order valence-electron chi connectivity index (χ1n) is 9.57. The van der Waals surface area contributed by atoms with Crippen LogP contribution in [0.25, 0.3) is 0 Å². The number of benzene rings is 2. The van der Waals surface area contributed by atoms with Crippen molar-refractivity contribution >= 4 is 11.6 Å². The molecule has 0 aliphatic carbocycles. The van der Waals surface area contributed by atoms with Crippen LogP contribution in [0.1, 0.15) is 31.7 Å². The maximum absolute atomic E-state index is 12.4. The average Bonchev–Trinajstić information content (AvgIpc) is 2.71. The molecule has 0 spiro atoms. The minimum absolute atomic E-state index is 0.172. The second kappa shape index (κ2) is 9.42. The molecule has 0 saturated carbocycles. The molecule has 27 heavy (non-hydrogen) atoms. The molecule has 2 aromatic rings. The summed E-state index contributed by atoms with van der Waals surface area (Å²) in [5.41, 5.74) is 2.06. The van der Waals surface area contributed by atoms with Crippen LogP contribution in [0.15, 0.2) is 48.5 Å². The molecule has 1 aliphatic heterocycles. The zero-order valence-electron chi connectivity index (χ0n) is 16.1. The van der Waals surface area contributed by atoms with Gasteiger partial charge in [-0.3, -0.25) is 9.69 Å². The van der Waals surface area contributed by atoms with Crippen molar-refractivity contribution in [3.05, 3.63) is 54.1 Å². The van der Waals surface area contributed by atoms with Crippen LogP contribution in [0.4, 0.5) is 5.69 Å². The van der Waals surface area contributed by atoms with Crippen LogP contribution in [0.2, 0.25) is 0 Å². The highest BCUT2D eigenvalue weighted by molar-refractivity contribution is 5.94. The second-order valence-corrected chi connectivity index (χ2v) is 6.96. The van der Waals surface area contributed by atoms with Gasteiger partial charge in [0.25, 0.3) is 5.91 Å². The van der Waals surface area contributed by atoms with Crippen molar-refractivity contribution in [2.45, 2.75) is 38.8 Å². The van der Waals surface area contributed by atoms with Gasteiger partial charge in [0.15, 0.2) is 6.10 Å². The quantitative estimate of drug-likeness (QED) is 0.800. The summed E-state index contributed by atoms with van der Waals surface area (Å²) in [6.07, 6.45) is 3.34. The lowest BCUT2D eigenvalue weighted by Crippen LogP contribution is -2.30. The van der Waals surface area contributed by atoms with Crippen molar-refractivity contribution in [3.8, 4) is 11.5 Å². The third-order valence-corrected chi connectivity index (χ3v) is 4.82. The van der Waals surface area contributed by atoms with Crippen LogP contribution in [-0.4, -0.2) is 37.1 Å². The average molecular weight is 368 g/mol. The number of methoxy groups -OCH3 is 1. The number of rotatable bonds is 7. The lowest BCUT2D eigenvalue weighted by molar-refractivity contribution is -0.122. The summed E-state index contributed by atoms with van der Waals surface area (Å²) < 4.78 is 10.8. The molecule has 1 heterocycles. The van der Waals surface area contributed by atoms with Crippen LogP contribution < -0.4 is 14.8 Å². The summed E-state index contributed by atoms with van der Waals surface area (Å²) in [6, 6.07) is 15.3. The number of nitrogens with one attached hydrogen (secondary N) is 1. The van der Waals surface area contributed by atoms with Crippen molar-refractivity contribution in [2.24, 2.45) is 0 Å². The molecule has 5 heteroatoms. The fourth-order valence-corrected chi connectivity index (χ4v) is 3.23. The largest absolute Gasteiger partial charge is 0.497 e. The van der Waals surface area contributed by atoms with Crippen molar-refractivity contribution in [2.75, 3.05) is 25.5 Å². The summed E-state index contributed by atoms with van der Waals surface area (Å²) in [7, 11) is 1.61. The zero-order chi connectivity index (χ0) is 19.1. The number of carbonyl (C=O) groups is 1.